The fraction of sp³-hybridized carbons (Fsp3) is 0.442. The van der Waals surface area contributed by atoms with Crippen molar-refractivity contribution in [2.45, 2.75) is 95.2 Å². The van der Waals surface area contributed by atoms with Gasteiger partial charge in [0.2, 0.25) is 14.0 Å². The largest absolute Gasteiger partial charge is 0.497 e. The lowest BCUT2D eigenvalue weighted by Crippen LogP contribution is -2.49. The van der Waals surface area contributed by atoms with Gasteiger partial charge in [-0.3, -0.25) is 4.57 Å². The molecule has 11 nitrogen and oxygen atoms in total. The van der Waals surface area contributed by atoms with Crippen LogP contribution in [0, 0.1) is 6.92 Å². The van der Waals surface area contributed by atoms with Crippen LogP contribution in [0.4, 0.5) is 0 Å². The molecule has 3 aromatic carbocycles. The zero-order valence-corrected chi connectivity index (χ0v) is 34.2. The minimum atomic E-state index is -2.33. The van der Waals surface area contributed by atoms with Gasteiger partial charge in [-0.1, -0.05) is 96.1 Å². The molecule has 1 fully saturated rings. The molecular weight excluding hydrogens is 717 g/mol. The van der Waals surface area contributed by atoms with E-state index in [1.165, 1.54) is 4.57 Å². The lowest BCUT2D eigenvalue weighted by Gasteiger charge is -2.42. The van der Waals surface area contributed by atoms with Crippen molar-refractivity contribution in [1.29, 1.82) is 0 Å². The van der Waals surface area contributed by atoms with E-state index < -0.39 is 44.1 Å². The quantitative estimate of drug-likeness (QED) is 0.0598. The van der Waals surface area contributed by atoms with E-state index in [1.807, 2.05) is 78.9 Å². The first-order valence-electron chi connectivity index (χ1n) is 18.9. The summed E-state index contributed by atoms with van der Waals surface area (Å²) in [5, 5.41) is 12.8. The molecule has 55 heavy (non-hydrogen) atoms. The number of aliphatic hydroxyl groups excluding tert-OH is 1. The molecular formula is C43H54N2O9Si. The number of benzene rings is 3. The van der Waals surface area contributed by atoms with Crippen molar-refractivity contribution in [2.24, 2.45) is 0 Å². The highest BCUT2D eigenvalue weighted by molar-refractivity contribution is 6.77. The van der Waals surface area contributed by atoms with Crippen LogP contribution in [0.1, 0.15) is 70.2 Å². The maximum atomic E-state index is 13.6. The van der Waals surface area contributed by atoms with Crippen molar-refractivity contribution in [1.82, 2.24) is 9.55 Å². The Morgan fingerprint density at radius 2 is 1.38 bits per heavy atom. The van der Waals surface area contributed by atoms with Crippen LogP contribution in [0.15, 0.2) is 100 Å². The minimum absolute atomic E-state index is 0.0726. The monoisotopic (exact) mass is 770 g/mol. The lowest BCUT2D eigenvalue weighted by atomic mass is 9.80. The number of methoxy groups -OCH3 is 2. The van der Waals surface area contributed by atoms with E-state index in [1.54, 1.807) is 33.4 Å². The molecule has 2 aromatic heterocycles. The number of aryl methyl sites for hydroxylation is 1. The van der Waals surface area contributed by atoms with Gasteiger partial charge in [-0.25, -0.2) is 4.79 Å². The van der Waals surface area contributed by atoms with Crippen LogP contribution >= 0.6 is 0 Å². The van der Waals surface area contributed by atoms with Gasteiger partial charge in [-0.2, -0.15) is 4.98 Å². The second-order valence-electron chi connectivity index (χ2n) is 15.1. The average molecular weight is 771 g/mol. The summed E-state index contributed by atoms with van der Waals surface area (Å²) in [7, 11) is 0.918. The minimum Gasteiger partial charge on any atom is -0.497 e. The Morgan fingerprint density at radius 3 is 1.91 bits per heavy atom. The zero-order valence-electron chi connectivity index (χ0n) is 33.2. The molecule has 0 unspecified atom stereocenters. The Bertz CT molecular complexity index is 1990. The van der Waals surface area contributed by atoms with Gasteiger partial charge in [-0.15, -0.1) is 0 Å². The Hall–Kier alpha value is -4.30. The summed E-state index contributed by atoms with van der Waals surface area (Å²) in [6.45, 7) is 14.9. The number of rotatable bonds is 16. The van der Waals surface area contributed by atoms with Gasteiger partial charge in [0.05, 0.1) is 26.2 Å². The number of aliphatic hydroxyl groups is 1. The van der Waals surface area contributed by atoms with E-state index in [9.17, 15) is 9.90 Å². The molecule has 0 bridgehead atoms. The SMILES string of the molecule is COc1ccc(C(OC[C@H]2O[C@@H](n3cc4cc(C)oc4nc3=O)[C@H](OCO[Si](C(C)C)(C(C)C)C(C)C)[C@@H]2O)(c2ccccc2)c2ccc(OC)cc2)cc1. The van der Waals surface area contributed by atoms with Crippen LogP contribution in [-0.4, -0.2) is 68.9 Å². The average Bonchev–Trinajstić information content (AvgIpc) is 3.70. The maximum Gasteiger partial charge on any atom is 0.353 e. The number of nitrogens with zero attached hydrogens (tertiary/aromatic N) is 2. The number of aromatic nitrogens is 2. The molecule has 0 radical (unpaired) electrons. The van der Waals surface area contributed by atoms with E-state index in [0.717, 1.165) is 16.7 Å². The number of furan rings is 1. The van der Waals surface area contributed by atoms with Crippen LogP contribution in [-0.2, 0) is 24.2 Å². The van der Waals surface area contributed by atoms with Crippen LogP contribution in [0.3, 0.4) is 0 Å². The van der Waals surface area contributed by atoms with Gasteiger partial charge in [0.25, 0.3) is 0 Å². The molecule has 6 rings (SSSR count). The molecule has 4 atom stereocenters. The third-order valence-electron chi connectivity index (χ3n) is 11.1. The second kappa shape index (κ2) is 16.8. The molecule has 0 spiro atoms. The fourth-order valence-electron chi connectivity index (χ4n) is 8.49. The molecule has 1 saturated heterocycles. The van der Waals surface area contributed by atoms with Crippen LogP contribution in [0.25, 0.3) is 11.1 Å². The van der Waals surface area contributed by atoms with Gasteiger partial charge in [0.1, 0.15) is 48.0 Å². The topological polar surface area (TPSA) is 124 Å². The lowest BCUT2D eigenvalue weighted by molar-refractivity contribution is -0.116. The van der Waals surface area contributed by atoms with Gasteiger partial charge >= 0.3 is 5.69 Å². The summed E-state index contributed by atoms with van der Waals surface area (Å²) in [5.41, 5.74) is 1.93. The van der Waals surface area contributed by atoms with E-state index in [4.69, 9.17) is 32.5 Å². The molecule has 0 amide bonds. The predicted molar refractivity (Wildman–Crippen MR) is 213 cm³/mol. The van der Waals surface area contributed by atoms with Crippen molar-refractivity contribution >= 4 is 19.4 Å². The summed E-state index contributed by atoms with van der Waals surface area (Å²) >= 11 is 0. The molecule has 1 aliphatic rings. The van der Waals surface area contributed by atoms with Crippen molar-refractivity contribution in [3.63, 3.8) is 0 Å². The van der Waals surface area contributed by atoms with Crippen LogP contribution < -0.4 is 15.2 Å². The number of fused-ring (bicyclic) bond motifs is 1. The van der Waals surface area contributed by atoms with Crippen molar-refractivity contribution in [3.8, 4) is 11.5 Å². The van der Waals surface area contributed by atoms with E-state index >= 15 is 0 Å². The summed E-state index contributed by atoms with van der Waals surface area (Å²) in [6, 6.07) is 27.1. The molecule has 5 aromatic rings. The van der Waals surface area contributed by atoms with Crippen LogP contribution in [0.2, 0.25) is 16.6 Å². The molecule has 294 valence electrons. The summed E-state index contributed by atoms with van der Waals surface area (Å²) in [4.78, 5) is 17.8. The van der Waals surface area contributed by atoms with Crippen molar-refractivity contribution in [2.75, 3.05) is 27.6 Å². The molecule has 1 N–H and O–H groups in total. The normalized spacial score (nSPS) is 19.2. The summed E-state index contributed by atoms with van der Waals surface area (Å²) < 4.78 is 45.0. The smallest absolute Gasteiger partial charge is 0.353 e. The van der Waals surface area contributed by atoms with Gasteiger partial charge < -0.3 is 37.6 Å². The zero-order chi connectivity index (χ0) is 39.5. The number of hydrogen-bond donors (Lipinski definition) is 1. The fourth-order valence-corrected chi connectivity index (χ4v) is 13.8. The molecule has 3 heterocycles. The van der Waals surface area contributed by atoms with E-state index in [2.05, 4.69) is 46.5 Å². The highest BCUT2D eigenvalue weighted by Crippen LogP contribution is 2.44. The van der Waals surface area contributed by atoms with Crippen molar-refractivity contribution in [3.05, 3.63) is 124 Å². The van der Waals surface area contributed by atoms with Crippen molar-refractivity contribution < 1.29 is 37.6 Å². The third-order valence-corrected chi connectivity index (χ3v) is 17.1. The van der Waals surface area contributed by atoms with Gasteiger partial charge in [-0.05, 0) is 70.6 Å². The Kier molecular flexibility index (Phi) is 12.3. The Morgan fingerprint density at radius 1 is 0.836 bits per heavy atom. The standard InChI is InChI=1S/C43H54N2O9Si/c1-27(2)55(28(3)4,29(5)6)52-26-50-39-38(46)37(54-41(39)45-24-31-23-30(7)53-40(31)44-42(45)47)25-51-43(32-13-11-10-12-14-32,33-15-19-35(48-8)20-16-33)34-17-21-36(49-9)22-18-34/h10-24,27-29,37-39,41,46H,25-26H2,1-9H3/t37-,38-,39-,41-/m1/s1. The van der Waals surface area contributed by atoms with Gasteiger partial charge in [0.15, 0.2) is 6.23 Å². The Balaban J connectivity index is 1.39. The maximum absolute atomic E-state index is 13.6. The number of hydrogen-bond acceptors (Lipinski definition) is 10. The predicted octanol–water partition coefficient (Wildman–Crippen LogP) is 8.12. The second-order valence-corrected chi connectivity index (χ2v) is 20.6. The summed E-state index contributed by atoms with van der Waals surface area (Å²) in [6.07, 6.45) is -2.54. The first-order chi connectivity index (χ1) is 26.3. The Labute approximate surface area is 324 Å². The molecule has 12 heteroatoms. The molecule has 0 saturated carbocycles. The number of ether oxygens (including phenoxy) is 5. The first-order valence-corrected chi connectivity index (χ1v) is 21.1. The van der Waals surface area contributed by atoms with E-state index in [0.29, 0.717) is 39.3 Å². The molecule has 1 aliphatic heterocycles. The highest BCUT2D eigenvalue weighted by Gasteiger charge is 2.50. The third kappa shape index (κ3) is 7.76. The van der Waals surface area contributed by atoms with Gasteiger partial charge in [0, 0.05) is 6.20 Å². The van der Waals surface area contributed by atoms with E-state index in [-0.39, 0.29) is 19.1 Å². The van der Waals surface area contributed by atoms with Crippen LogP contribution in [0.5, 0.6) is 11.5 Å². The first kappa shape index (κ1) is 40.4. The molecule has 0 aliphatic carbocycles. The highest BCUT2D eigenvalue weighted by atomic mass is 28.4. The summed E-state index contributed by atoms with van der Waals surface area (Å²) in [5.74, 6) is 2.01.